The van der Waals surface area contributed by atoms with Crippen molar-refractivity contribution in [3.8, 4) is 0 Å². The summed E-state index contributed by atoms with van der Waals surface area (Å²) in [5, 5.41) is 12.6. The highest BCUT2D eigenvalue weighted by atomic mass is 15.3. The van der Waals surface area contributed by atoms with Crippen molar-refractivity contribution in [2.45, 2.75) is 58.0 Å². The first-order chi connectivity index (χ1) is 10.3. The Morgan fingerprint density at radius 2 is 2.05 bits per heavy atom. The topological polar surface area (TPSA) is 47.7 Å². The molecule has 1 aliphatic rings. The molecule has 2 aromatic rings. The van der Waals surface area contributed by atoms with Crippen LogP contribution in [-0.4, -0.2) is 19.6 Å². The van der Waals surface area contributed by atoms with Crippen molar-refractivity contribution in [1.82, 2.24) is 19.6 Å². The molecule has 0 bridgehead atoms. The molecular formula is C16H25N5. The zero-order valence-electron chi connectivity index (χ0n) is 13.0. The minimum Gasteiger partial charge on any atom is -0.377 e. The number of hydrogen-bond acceptors (Lipinski definition) is 3. The van der Waals surface area contributed by atoms with Gasteiger partial charge in [0, 0.05) is 19.4 Å². The molecule has 5 heteroatoms. The van der Waals surface area contributed by atoms with Gasteiger partial charge in [0.2, 0.25) is 0 Å². The Balaban J connectivity index is 1.61. The van der Waals surface area contributed by atoms with E-state index in [4.69, 9.17) is 5.10 Å². The lowest BCUT2D eigenvalue weighted by molar-refractivity contribution is 0.328. The summed E-state index contributed by atoms with van der Waals surface area (Å²) in [6, 6.07) is 2.74. The van der Waals surface area contributed by atoms with Crippen molar-refractivity contribution < 1.29 is 0 Å². The summed E-state index contributed by atoms with van der Waals surface area (Å²) in [5.41, 5.74) is 3.34. The number of rotatable bonds is 5. The maximum atomic E-state index is 4.74. The van der Waals surface area contributed by atoms with Crippen molar-refractivity contribution in [3.63, 3.8) is 0 Å². The molecule has 0 radical (unpaired) electrons. The largest absolute Gasteiger partial charge is 0.377 e. The minimum atomic E-state index is 0.608. The van der Waals surface area contributed by atoms with Crippen LogP contribution >= 0.6 is 0 Å². The number of anilines is 1. The van der Waals surface area contributed by atoms with E-state index in [-0.39, 0.29) is 0 Å². The SMILES string of the molecule is CCc1nn(C)cc1NCc1ccn(C2CCCCC2)n1. The number of aryl methyl sites for hydroxylation is 2. The predicted octanol–water partition coefficient (Wildman–Crippen LogP) is 3.30. The number of hydrogen-bond donors (Lipinski definition) is 1. The van der Waals surface area contributed by atoms with E-state index in [0.717, 1.165) is 30.0 Å². The van der Waals surface area contributed by atoms with Gasteiger partial charge in [-0.2, -0.15) is 10.2 Å². The van der Waals surface area contributed by atoms with Gasteiger partial charge in [0.15, 0.2) is 0 Å². The molecule has 1 saturated carbocycles. The molecule has 0 spiro atoms. The van der Waals surface area contributed by atoms with Gasteiger partial charge in [-0.3, -0.25) is 9.36 Å². The van der Waals surface area contributed by atoms with Crippen LogP contribution in [0.1, 0.15) is 56.5 Å². The average Bonchev–Trinajstić information content (AvgIpc) is 3.12. The maximum absolute atomic E-state index is 4.74. The monoisotopic (exact) mass is 287 g/mol. The van der Waals surface area contributed by atoms with E-state index in [0.29, 0.717) is 6.04 Å². The third kappa shape index (κ3) is 3.28. The molecule has 114 valence electrons. The second-order valence-electron chi connectivity index (χ2n) is 5.95. The number of aromatic nitrogens is 4. The molecule has 1 fully saturated rings. The Labute approximate surface area is 126 Å². The fraction of sp³-hybridized carbons (Fsp3) is 0.625. The number of nitrogens with one attached hydrogen (secondary N) is 1. The summed E-state index contributed by atoms with van der Waals surface area (Å²) in [4.78, 5) is 0. The Kier molecular flexibility index (Phi) is 4.27. The molecule has 3 rings (SSSR count). The van der Waals surface area contributed by atoms with Crippen LogP contribution in [0, 0.1) is 0 Å². The quantitative estimate of drug-likeness (QED) is 0.918. The van der Waals surface area contributed by atoms with Crippen molar-refractivity contribution in [2.24, 2.45) is 7.05 Å². The standard InChI is InChI=1S/C16H25N5/c1-3-15-16(12-20(2)19-15)17-11-13-9-10-21(18-13)14-7-5-4-6-8-14/h9-10,12,14,17H,3-8,11H2,1-2H3. The van der Waals surface area contributed by atoms with Gasteiger partial charge in [-0.1, -0.05) is 26.2 Å². The lowest BCUT2D eigenvalue weighted by Gasteiger charge is -2.21. The Morgan fingerprint density at radius 3 is 2.81 bits per heavy atom. The van der Waals surface area contributed by atoms with Crippen LogP contribution in [0.2, 0.25) is 0 Å². The summed E-state index contributed by atoms with van der Waals surface area (Å²) >= 11 is 0. The highest BCUT2D eigenvalue weighted by Gasteiger charge is 2.16. The zero-order valence-corrected chi connectivity index (χ0v) is 13.0. The van der Waals surface area contributed by atoms with E-state index < -0.39 is 0 Å². The van der Waals surface area contributed by atoms with Crippen LogP contribution < -0.4 is 5.32 Å². The molecule has 2 aromatic heterocycles. The second-order valence-corrected chi connectivity index (χ2v) is 5.95. The molecule has 0 atom stereocenters. The lowest BCUT2D eigenvalue weighted by atomic mass is 9.96. The van der Waals surface area contributed by atoms with E-state index in [1.807, 2.05) is 17.9 Å². The molecule has 5 nitrogen and oxygen atoms in total. The van der Waals surface area contributed by atoms with Crippen LogP contribution in [-0.2, 0) is 20.0 Å². The van der Waals surface area contributed by atoms with Crippen molar-refractivity contribution in [1.29, 1.82) is 0 Å². The molecule has 0 saturated heterocycles. The van der Waals surface area contributed by atoms with Crippen molar-refractivity contribution >= 4 is 5.69 Å². The Bertz CT molecular complexity index is 577. The highest BCUT2D eigenvalue weighted by molar-refractivity contribution is 5.46. The van der Waals surface area contributed by atoms with Crippen molar-refractivity contribution in [3.05, 3.63) is 29.8 Å². The summed E-state index contributed by atoms with van der Waals surface area (Å²) in [6.07, 6.45) is 11.7. The normalized spacial score (nSPS) is 16.3. The third-order valence-corrected chi connectivity index (χ3v) is 4.31. The Hall–Kier alpha value is -1.78. The smallest absolute Gasteiger partial charge is 0.0853 e. The molecule has 2 heterocycles. The highest BCUT2D eigenvalue weighted by Crippen LogP contribution is 2.27. The predicted molar refractivity (Wildman–Crippen MR) is 84.3 cm³/mol. The zero-order chi connectivity index (χ0) is 14.7. The number of nitrogens with zero attached hydrogens (tertiary/aromatic N) is 4. The molecule has 1 aliphatic carbocycles. The fourth-order valence-corrected chi connectivity index (χ4v) is 3.15. The van der Waals surface area contributed by atoms with Gasteiger partial charge >= 0.3 is 0 Å². The summed E-state index contributed by atoms with van der Waals surface area (Å²) in [6.45, 7) is 2.89. The second kappa shape index (κ2) is 6.33. The Morgan fingerprint density at radius 1 is 1.24 bits per heavy atom. The van der Waals surface area contributed by atoms with Crippen LogP contribution in [0.4, 0.5) is 5.69 Å². The maximum Gasteiger partial charge on any atom is 0.0853 e. The van der Waals surface area contributed by atoms with Gasteiger partial charge in [-0.05, 0) is 25.3 Å². The summed E-state index contributed by atoms with van der Waals surface area (Å²) in [7, 11) is 1.96. The molecule has 0 unspecified atom stereocenters. The molecule has 21 heavy (non-hydrogen) atoms. The van der Waals surface area contributed by atoms with E-state index in [1.54, 1.807) is 0 Å². The third-order valence-electron chi connectivity index (χ3n) is 4.31. The van der Waals surface area contributed by atoms with Gasteiger partial charge in [0.1, 0.15) is 0 Å². The lowest BCUT2D eigenvalue weighted by Crippen LogP contribution is -2.13. The average molecular weight is 287 g/mol. The van der Waals surface area contributed by atoms with E-state index in [2.05, 4.69) is 34.3 Å². The first-order valence-corrected chi connectivity index (χ1v) is 8.06. The fourth-order valence-electron chi connectivity index (χ4n) is 3.15. The van der Waals surface area contributed by atoms with Gasteiger partial charge in [-0.15, -0.1) is 0 Å². The van der Waals surface area contributed by atoms with Gasteiger partial charge in [0.05, 0.1) is 29.7 Å². The molecule has 0 aromatic carbocycles. The minimum absolute atomic E-state index is 0.608. The van der Waals surface area contributed by atoms with Crippen LogP contribution in [0.3, 0.4) is 0 Å². The molecule has 0 aliphatic heterocycles. The molecule has 0 amide bonds. The summed E-state index contributed by atoms with van der Waals surface area (Å²) < 4.78 is 4.03. The molecule has 1 N–H and O–H groups in total. The van der Waals surface area contributed by atoms with Crippen molar-refractivity contribution in [2.75, 3.05) is 5.32 Å². The molecular weight excluding hydrogens is 262 g/mol. The van der Waals surface area contributed by atoms with Crippen LogP contribution in [0.25, 0.3) is 0 Å². The summed E-state index contributed by atoms with van der Waals surface area (Å²) in [5.74, 6) is 0. The first-order valence-electron chi connectivity index (χ1n) is 8.06. The first kappa shape index (κ1) is 14.2. The van der Waals surface area contributed by atoms with E-state index in [1.165, 1.54) is 32.1 Å². The van der Waals surface area contributed by atoms with Gasteiger partial charge in [-0.25, -0.2) is 0 Å². The van der Waals surface area contributed by atoms with Gasteiger partial charge in [0.25, 0.3) is 0 Å². The van der Waals surface area contributed by atoms with Crippen LogP contribution in [0.5, 0.6) is 0 Å². The van der Waals surface area contributed by atoms with Gasteiger partial charge < -0.3 is 5.32 Å². The van der Waals surface area contributed by atoms with Crippen LogP contribution in [0.15, 0.2) is 18.5 Å². The van der Waals surface area contributed by atoms with E-state index >= 15 is 0 Å². The van der Waals surface area contributed by atoms with E-state index in [9.17, 15) is 0 Å².